The fourth-order valence-corrected chi connectivity index (χ4v) is 5.33. The van der Waals surface area contributed by atoms with Crippen LogP contribution in [0.5, 0.6) is 0 Å². The second kappa shape index (κ2) is 7.21. The summed E-state index contributed by atoms with van der Waals surface area (Å²) in [7, 11) is 1.68. The molecule has 1 heterocycles. The summed E-state index contributed by atoms with van der Waals surface area (Å²) < 4.78 is 0.583. The SMILES string of the molecule is C[N@+]1(Cc2c3ccccc3c(CCS)c3ccccc23)Cc2ccccc2B1O. The Kier molecular flexibility index (Phi) is 4.66. The lowest BCUT2D eigenvalue weighted by Crippen LogP contribution is -2.54. The second-order valence-corrected chi connectivity index (χ2v) is 8.84. The lowest BCUT2D eigenvalue weighted by Gasteiger charge is -2.33. The maximum atomic E-state index is 11.2. The van der Waals surface area contributed by atoms with Crippen LogP contribution in [0, 0.1) is 0 Å². The van der Waals surface area contributed by atoms with Gasteiger partial charge in [0, 0.05) is 16.6 Å². The van der Waals surface area contributed by atoms with Gasteiger partial charge in [-0.3, -0.25) is 0 Å². The first-order valence-corrected chi connectivity index (χ1v) is 10.9. The number of nitrogens with zero attached hydrogens (tertiary/aromatic N) is 1. The molecule has 1 aliphatic rings. The highest BCUT2D eigenvalue weighted by atomic mass is 32.1. The molecule has 0 saturated carbocycles. The van der Waals surface area contributed by atoms with Crippen LogP contribution in [0.3, 0.4) is 0 Å². The van der Waals surface area contributed by atoms with Crippen LogP contribution in [0.2, 0.25) is 0 Å². The number of thiol groups is 1. The van der Waals surface area contributed by atoms with Crippen molar-refractivity contribution in [3.05, 3.63) is 89.5 Å². The molecule has 0 saturated heterocycles. The molecule has 144 valence electrons. The smallest absolute Gasteiger partial charge is 0.393 e. The highest BCUT2D eigenvalue weighted by molar-refractivity contribution is 7.80. The van der Waals surface area contributed by atoms with Gasteiger partial charge in [-0.25, -0.2) is 0 Å². The zero-order valence-corrected chi connectivity index (χ0v) is 17.6. The summed E-state index contributed by atoms with van der Waals surface area (Å²) in [5.41, 5.74) is 5.02. The maximum absolute atomic E-state index is 11.2. The number of fused-ring (bicyclic) bond motifs is 3. The number of quaternary nitrogens is 1. The average Bonchev–Trinajstić information content (AvgIpc) is 3.01. The van der Waals surface area contributed by atoms with Crippen LogP contribution < -0.4 is 5.46 Å². The van der Waals surface area contributed by atoms with Gasteiger partial charge in [0.05, 0.1) is 20.1 Å². The highest BCUT2D eigenvalue weighted by Crippen LogP contribution is 2.36. The van der Waals surface area contributed by atoms with E-state index in [0.717, 1.165) is 30.7 Å². The van der Waals surface area contributed by atoms with Crippen molar-refractivity contribution in [3.63, 3.8) is 0 Å². The molecular weight excluding hydrogens is 373 g/mol. The Labute approximate surface area is 177 Å². The van der Waals surface area contributed by atoms with E-state index in [-0.39, 0.29) is 0 Å². The Morgan fingerprint density at radius 3 is 1.90 bits per heavy atom. The molecule has 2 nitrogen and oxygen atoms in total. The van der Waals surface area contributed by atoms with Gasteiger partial charge in [-0.2, -0.15) is 12.6 Å². The molecular formula is C25H25BNOS+. The Morgan fingerprint density at radius 1 is 0.828 bits per heavy atom. The molecule has 0 bridgehead atoms. The topological polar surface area (TPSA) is 20.2 Å². The van der Waals surface area contributed by atoms with E-state index < -0.39 is 7.05 Å². The summed E-state index contributed by atoms with van der Waals surface area (Å²) in [4.78, 5) is 0. The molecule has 1 aliphatic heterocycles. The van der Waals surface area contributed by atoms with E-state index in [4.69, 9.17) is 0 Å². The van der Waals surface area contributed by atoms with Crippen molar-refractivity contribution in [3.8, 4) is 0 Å². The predicted molar refractivity (Wildman–Crippen MR) is 127 cm³/mol. The Balaban J connectivity index is 1.72. The highest BCUT2D eigenvalue weighted by Gasteiger charge is 2.48. The van der Waals surface area contributed by atoms with Crippen LogP contribution in [0.4, 0.5) is 0 Å². The van der Waals surface area contributed by atoms with Crippen molar-refractivity contribution in [2.75, 3.05) is 12.8 Å². The maximum Gasteiger partial charge on any atom is 0.609 e. The number of aryl methyl sites for hydroxylation is 1. The summed E-state index contributed by atoms with van der Waals surface area (Å²) in [6.45, 7) is 1.64. The minimum atomic E-state index is -0.499. The zero-order chi connectivity index (χ0) is 20.0. The largest absolute Gasteiger partial charge is 0.609 e. The summed E-state index contributed by atoms with van der Waals surface area (Å²) >= 11 is 4.52. The molecule has 5 rings (SSSR count). The van der Waals surface area contributed by atoms with Gasteiger partial charge in [0.2, 0.25) is 0 Å². The van der Waals surface area contributed by atoms with Crippen LogP contribution >= 0.6 is 12.6 Å². The van der Waals surface area contributed by atoms with E-state index in [2.05, 4.69) is 86.4 Å². The van der Waals surface area contributed by atoms with Gasteiger partial charge in [0.25, 0.3) is 0 Å². The van der Waals surface area contributed by atoms with E-state index in [1.807, 2.05) is 6.07 Å². The molecule has 4 heteroatoms. The molecule has 0 aromatic heterocycles. The minimum absolute atomic E-state index is 0.499. The van der Waals surface area contributed by atoms with Crippen LogP contribution in [-0.2, 0) is 19.5 Å². The standard InChI is InChI=1S/C25H24BNOS/c1-27(16-18-8-2-7-13-25(18)26(27)28)17-24-21-11-5-3-9-19(21)23(14-15-29)20-10-4-6-12-22(20)24/h2-13,28H,14-17H2,1H3/p+1/t27-/m1/s1. The first-order chi connectivity index (χ1) is 14.1. The number of rotatable bonds is 4. The average molecular weight is 398 g/mol. The summed E-state index contributed by atoms with van der Waals surface area (Å²) in [6.07, 6.45) is 0.949. The lowest BCUT2D eigenvalue weighted by molar-refractivity contribution is -0.836. The number of hydrogen-bond donors (Lipinski definition) is 2. The molecule has 0 spiro atoms. The summed E-state index contributed by atoms with van der Waals surface area (Å²) in [5, 5.41) is 16.4. The first kappa shape index (κ1) is 18.7. The molecule has 0 fully saturated rings. The quantitative estimate of drug-likeness (QED) is 0.298. The molecule has 1 atom stereocenters. The zero-order valence-electron chi connectivity index (χ0n) is 16.7. The molecule has 29 heavy (non-hydrogen) atoms. The first-order valence-electron chi connectivity index (χ1n) is 10.2. The van der Waals surface area contributed by atoms with Crippen LogP contribution in [0.1, 0.15) is 16.7 Å². The van der Waals surface area contributed by atoms with Gasteiger partial charge in [0.1, 0.15) is 0 Å². The van der Waals surface area contributed by atoms with E-state index in [0.29, 0.717) is 4.39 Å². The van der Waals surface area contributed by atoms with E-state index in [1.54, 1.807) is 0 Å². The fraction of sp³-hybridized carbons (Fsp3) is 0.200. The predicted octanol–water partition coefficient (Wildman–Crippen LogP) is 4.31. The van der Waals surface area contributed by atoms with Gasteiger partial charge >= 0.3 is 7.05 Å². The van der Waals surface area contributed by atoms with Crippen molar-refractivity contribution in [1.82, 2.24) is 0 Å². The molecule has 0 radical (unpaired) electrons. The van der Waals surface area contributed by atoms with Gasteiger partial charge in [-0.15, -0.1) is 0 Å². The Bertz CT molecular complexity index is 1170. The summed E-state index contributed by atoms with van der Waals surface area (Å²) in [5.74, 6) is 0.829. The van der Waals surface area contributed by atoms with Crippen molar-refractivity contribution >= 4 is 46.7 Å². The molecule has 0 amide bonds. The number of benzene rings is 4. The van der Waals surface area contributed by atoms with Crippen molar-refractivity contribution < 1.29 is 9.42 Å². The third-order valence-corrected chi connectivity index (χ3v) is 6.71. The van der Waals surface area contributed by atoms with Gasteiger partial charge in [-0.1, -0.05) is 72.8 Å². The van der Waals surface area contributed by atoms with Crippen LogP contribution in [0.15, 0.2) is 72.8 Å². The van der Waals surface area contributed by atoms with Crippen LogP contribution in [-0.4, -0.2) is 29.3 Å². The fourth-order valence-electron chi connectivity index (χ4n) is 5.11. The van der Waals surface area contributed by atoms with Gasteiger partial charge in [-0.05, 0) is 39.3 Å². The molecule has 4 aromatic carbocycles. The summed E-state index contributed by atoms with van der Waals surface area (Å²) in [6, 6.07) is 25.7. The van der Waals surface area contributed by atoms with Crippen molar-refractivity contribution in [1.29, 1.82) is 0 Å². The van der Waals surface area contributed by atoms with Crippen molar-refractivity contribution in [2.45, 2.75) is 19.5 Å². The molecule has 0 aliphatic carbocycles. The molecule has 0 unspecified atom stereocenters. The Morgan fingerprint density at radius 2 is 1.34 bits per heavy atom. The third kappa shape index (κ3) is 2.98. The lowest BCUT2D eigenvalue weighted by atomic mass is 9.72. The van der Waals surface area contributed by atoms with E-state index in [9.17, 15) is 5.02 Å². The second-order valence-electron chi connectivity index (χ2n) is 8.39. The normalized spacial score (nSPS) is 18.5. The molecule has 1 N–H and O–H groups in total. The van der Waals surface area contributed by atoms with Crippen molar-refractivity contribution in [2.24, 2.45) is 0 Å². The van der Waals surface area contributed by atoms with Gasteiger partial charge in [0.15, 0.2) is 0 Å². The van der Waals surface area contributed by atoms with Gasteiger partial charge < -0.3 is 9.42 Å². The molecule has 4 aromatic rings. The van der Waals surface area contributed by atoms with Crippen LogP contribution in [0.25, 0.3) is 21.5 Å². The Hall–Kier alpha value is -2.27. The number of hydrogen-bond acceptors (Lipinski definition) is 2. The monoisotopic (exact) mass is 398 g/mol. The van der Waals surface area contributed by atoms with E-state index in [1.165, 1.54) is 38.2 Å². The third-order valence-electron chi connectivity index (χ3n) is 6.49. The van der Waals surface area contributed by atoms with E-state index >= 15 is 0 Å². The minimum Gasteiger partial charge on any atom is -0.393 e.